The monoisotopic (exact) mass is 300 g/mol. The molecule has 8 nitrogen and oxygen atoms in total. The lowest BCUT2D eigenvalue weighted by Gasteiger charge is -2.25. The summed E-state index contributed by atoms with van der Waals surface area (Å²) in [5, 5.41) is 10.9. The Kier molecular flexibility index (Phi) is 4.98. The molecule has 2 N–H and O–H groups in total. The number of nitrogens with two attached hydrogens (primary N) is 1. The van der Waals surface area contributed by atoms with Crippen molar-refractivity contribution in [2.75, 3.05) is 6.54 Å². The molecule has 0 fully saturated rings. The molecule has 0 aliphatic rings. The minimum Gasteiger partial charge on any atom is -0.368 e. The number of halogens is 1. The molecular formula is C11H13ClN4O4. The van der Waals surface area contributed by atoms with Gasteiger partial charge in [-0.2, -0.15) is 0 Å². The number of aromatic nitrogens is 1. The van der Waals surface area contributed by atoms with Crippen LogP contribution in [0.2, 0.25) is 5.15 Å². The van der Waals surface area contributed by atoms with E-state index in [1.165, 1.54) is 0 Å². The van der Waals surface area contributed by atoms with Crippen molar-refractivity contribution in [3.63, 3.8) is 0 Å². The predicted octanol–water partition coefficient (Wildman–Crippen LogP) is 0.979. The molecule has 1 aromatic heterocycles. The van der Waals surface area contributed by atoms with Gasteiger partial charge in [-0.1, -0.05) is 11.6 Å². The van der Waals surface area contributed by atoms with Crippen molar-refractivity contribution >= 4 is 29.1 Å². The summed E-state index contributed by atoms with van der Waals surface area (Å²) in [5.41, 5.74) is 4.36. The zero-order valence-corrected chi connectivity index (χ0v) is 11.6. The van der Waals surface area contributed by atoms with E-state index in [1.807, 2.05) is 0 Å². The highest BCUT2D eigenvalue weighted by Crippen LogP contribution is 2.22. The van der Waals surface area contributed by atoms with E-state index in [2.05, 4.69) is 4.98 Å². The summed E-state index contributed by atoms with van der Waals surface area (Å²) in [4.78, 5) is 38.2. The quantitative estimate of drug-likeness (QED) is 0.494. The highest BCUT2D eigenvalue weighted by Gasteiger charge is 2.28. The van der Waals surface area contributed by atoms with E-state index in [0.29, 0.717) is 0 Å². The maximum atomic E-state index is 12.3. The van der Waals surface area contributed by atoms with E-state index in [-0.39, 0.29) is 23.3 Å². The maximum absolute atomic E-state index is 12.3. The molecule has 20 heavy (non-hydrogen) atoms. The number of carbonyl (C=O) groups excluding carboxylic acids is 2. The number of nitro groups is 1. The minimum absolute atomic E-state index is 0.0540. The molecule has 0 spiro atoms. The molecule has 9 heteroatoms. The molecule has 0 aliphatic heterocycles. The molecule has 0 saturated carbocycles. The second kappa shape index (κ2) is 6.29. The molecule has 0 aliphatic carbocycles. The SMILES string of the molecule is CC(C)N(CC(N)=O)C(=O)c1cc(Cl)ncc1[N+](=O)[O-]. The van der Waals surface area contributed by atoms with E-state index in [9.17, 15) is 19.7 Å². The van der Waals surface area contributed by atoms with Crippen LogP contribution < -0.4 is 5.73 Å². The van der Waals surface area contributed by atoms with Crippen LogP contribution in [0.4, 0.5) is 5.69 Å². The van der Waals surface area contributed by atoms with Crippen LogP contribution in [0.3, 0.4) is 0 Å². The molecule has 0 saturated heterocycles. The van der Waals surface area contributed by atoms with Gasteiger partial charge in [-0.05, 0) is 19.9 Å². The number of primary amides is 1. The van der Waals surface area contributed by atoms with Crippen LogP contribution in [0.15, 0.2) is 12.3 Å². The number of amides is 2. The zero-order valence-electron chi connectivity index (χ0n) is 10.9. The molecule has 1 rings (SSSR count). The first-order chi connectivity index (χ1) is 9.23. The highest BCUT2D eigenvalue weighted by molar-refractivity contribution is 6.29. The summed E-state index contributed by atoms with van der Waals surface area (Å²) in [7, 11) is 0. The average Bonchev–Trinajstić information content (AvgIpc) is 2.34. The molecule has 1 heterocycles. The van der Waals surface area contributed by atoms with Gasteiger partial charge >= 0.3 is 0 Å². The topological polar surface area (TPSA) is 119 Å². The lowest BCUT2D eigenvalue weighted by molar-refractivity contribution is -0.385. The highest BCUT2D eigenvalue weighted by atomic mass is 35.5. The Morgan fingerprint density at radius 2 is 2.15 bits per heavy atom. The molecule has 0 bridgehead atoms. The number of hydrogen-bond acceptors (Lipinski definition) is 5. The van der Waals surface area contributed by atoms with Gasteiger partial charge in [0.1, 0.15) is 16.9 Å². The van der Waals surface area contributed by atoms with Gasteiger partial charge in [-0.3, -0.25) is 19.7 Å². The smallest absolute Gasteiger partial charge is 0.300 e. The second-order valence-electron chi connectivity index (χ2n) is 4.27. The van der Waals surface area contributed by atoms with Crippen molar-refractivity contribution < 1.29 is 14.5 Å². The minimum atomic E-state index is -0.737. The molecule has 108 valence electrons. The summed E-state index contributed by atoms with van der Waals surface area (Å²) in [6, 6.07) is 0.736. The first kappa shape index (κ1) is 15.8. The zero-order chi connectivity index (χ0) is 15.4. The normalized spacial score (nSPS) is 10.4. The van der Waals surface area contributed by atoms with Gasteiger partial charge in [-0.15, -0.1) is 0 Å². The van der Waals surface area contributed by atoms with Gasteiger partial charge in [0.15, 0.2) is 0 Å². The van der Waals surface area contributed by atoms with Crippen LogP contribution in [-0.4, -0.2) is 39.2 Å². The van der Waals surface area contributed by atoms with E-state index in [0.717, 1.165) is 17.2 Å². The van der Waals surface area contributed by atoms with Gasteiger partial charge in [0.05, 0.1) is 11.5 Å². The third-order valence-electron chi connectivity index (χ3n) is 2.49. The Labute approximate surface area is 119 Å². The third-order valence-corrected chi connectivity index (χ3v) is 2.69. The molecule has 1 aromatic rings. The molecule has 2 amide bonds. The lowest BCUT2D eigenvalue weighted by atomic mass is 10.1. The molecular weight excluding hydrogens is 288 g/mol. The van der Waals surface area contributed by atoms with E-state index in [1.54, 1.807) is 13.8 Å². The lowest BCUT2D eigenvalue weighted by Crippen LogP contribution is -2.43. The Morgan fingerprint density at radius 3 is 2.60 bits per heavy atom. The predicted molar refractivity (Wildman–Crippen MR) is 71.3 cm³/mol. The molecule has 0 radical (unpaired) electrons. The van der Waals surface area contributed by atoms with Crippen LogP contribution in [0.1, 0.15) is 24.2 Å². The summed E-state index contributed by atoms with van der Waals surface area (Å²) < 4.78 is 0. The van der Waals surface area contributed by atoms with Crippen molar-refractivity contribution in [3.05, 3.63) is 33.1 Å². The summed E-state index contributed by atoms with van der Waals surface area (Å²) in [6.07, 6.45) is 0.901. The van der Waals surface area contributed by atoms with Gasteiger partial charge in [-0.25, -0.2) is 4.98 Å². The fourth-order valence-electron chi connectivity index (χ4n) is 1.55. The van der Waals surface area contributed by atoms with Crippen LogP contribution in [-0.2, 0) is 4.79 Å². The molecule has 0 aromatic carbocycles. The van der Waals surface area contributed by atoms with Crippen LogP contribution >= 0.6 is 11.6 Å². The van der Waals surface area contributed by atoms with E-state index >= 15 is 0 Å². The number of pyridine rings is 1. The van der Waals surface area contributed by atoms with Crippen molar-refractivity contribution in [2.45, 2.75) is 19.9 Å². The van der Waals surface area contributed by atoms with Crippen molar-refractivity contribution in [1.82, 2.24) is 9.88 Å². The van der Waals surface area contributed by atoms with Crippen LogP contribution in [0.25, 0.3) is 0 Å². The molecule has 0 atom stereocenters. The van der Waals surface area contributed by atoms with Crippen molar-refractivity contribution in [1.29, 1.82) is 0 Å². The van der Waals surface area contributed by atoms with Gasteiger partial charge < -0.3 is 10.6 Å². The van der Waals surface area contributed by atoms with Crippen LogP contribution in [0.5, 0.6) is 0 Å². The van der Waals surface area contributed by atoms with Gasteiger partial charge in [0.25, 0.3) is 11.6 Å². The Bertz CT molecular complexity index is 561. The van der Waals surface area contributed by atoms with Gasteiger partial charge in [0.2, 0.25) is 5.91 Å². The number of hydrogen-bond donors (Lipinski definition) is 1. The molecule has 0 unspecified atom stereocenters. The fraction of sp³-hybridized carbons (Fsp3) is 0.364. The summed E-state index contributed by atoms with van der Waals surface area (Å²) in [6.45, 7) is 2.98. The van der Waals surface area contributed by atoms with Gasteiger partial charge in [0, 0.05) is 6.04 Å². The average molecular weight is 301 g/mol. The van der Waals surface area contributed by atoms with Crippen molar-refractivity contribution in [3.8, 4) is 0 Å². The third kappa shape index (κ3) is 3.64. The second-order valence-corrected chi connectivity index (χ2v) is 4.66. The summed E-state index contributed by atoms with van der Waals surface area (Å²) >= 11 is 5.66. The van der Waals surface area contributed by atoms with Crippen molar-refractivity contribution in [2.24, 2.45) is 5.73 Å². The number of carbonyl (C=O) groups is 2. The first-order valence-corrected chi connectivity index (χ1v) is 6.01. The fourth-order valence-corrected chi connectivity index (χ4v) is 1.71. The first-order valence-electron chi connectivity index (χ1n) is 5.63. The number of rotatable bonds is 5. The Morgan fingerprint density at radius 1 is 1.55 bits per heavy atom. The van der Waals surface area contributed by atoms with E-state index < -0.39 is 22.4 Å². The van der Waals surface area contributed by atoms with Crippen LogP contribution in [0, 0.1) is 10.1 Å². The number of nitrogens with zero attached hydrogens (tertiary/aromatic N) is 3. The maximum Gasteiger partial charge on any atom is 0.300 e. The summed E-state index contributed by atoms with van der Waals surface area (Å²) in [5.74, 6) is -1.41. The largest absolute Gasteiger partial charge is 0.368 e. The Balaban J connectivity index is 3.27. The van der Waals surface area contributed by atoms with E-state index in [4.69, 9.17) is 17.3 Å². The Hall–Kier alpha value is -2.22. The standard InChI is InChI=1S/C11H13ClN4O4/c1-6(2)15(5-10(13)17)11(18)7-3-9(12)14-4-8(7)16(19)20/h3-4,6H,5H2,1-2H3,(H2,13,17).